The first-order valence-corrected chi connectivity index (χ1v) is 11.3. The third-order valence-corrected chi connectivity index (χ3v) is 6.03. The Hall–Kier alpha value is -2.63. The van der Waals surface area contributed by atoms with Gasteiger partial charge < -0.3 is 5.32 Å². The van der Waals surface area contributed by atoms with E-state index >= 15 is 0 Å². The summed E-state index contributed by atoms with van der Waals surface area (Å²) >= 11 is 0. The van der Waals surface area contributed by atoms with E-state index in [1.54, 1.807) is 9.58 Å². The molecule has 168 valence electrons. The van der Waals surface area contributed by atoms with Crippen LogP contribution in [0.1, 0.15) is 76.6 Å². The lowest BCUT2D eigenvalue weighted by Gasteiger charge is -2.43. The van der Waals surface area contributed by atoms with E-state index in [1.165, 1.54) is 0 Å². The van der Waals surface area contributed by atoms with Crippen LogP contribution in [-0.2, 0) is 23.2 Å². The number of benzene rings is 1. The standard InChI is InChI=1S/C25H36N4O2/c1-8-18-11-9-10-12-19(18)29-22(30)20-15-21(24(4,5)6)27-28(20)16-25(29,7)23(31)26-14-13-17(2)3/h9-12,15,17H,8,13-14,16H2,1-7H3,(H,26,31)/t25-/m0/s1. The molecule has 31 heavy (non-hydrogen) atoms. The second-order valence-electron chi connectivity index (χ2n) is 10.2. The van der Waals surface area contributed by atoms with Crippen LogP contribution in [0.2, 0.25) is 0 Å². The Bertz CT molecular complexity index is 970. The third kappa shape index (κ3) is 4.39. The second-order valence-corrected chi connectivity index (χ2v) is 10.2. The summed E-state index contributed by atoms with van der Waals surface area (Å²) in [5, 5.41) is 7.79. The number of carbonyl (C=O) groups is 2. The van der Waals surface area contributed by atoms with Crippen molar-refractivity contribution >= 4 is 17.5 Å². The molecule has 2 amide bonds. The lowest BCUT2D eigenvalue weighted by Crippen LogP contribution is -2.64. The summed E-state index contributed by atoms with van der Waals surface area (Å²) in [6, 6.07) is 9.73. The van der Waals surface area contributed by atoms with Crippen molar-refractivity contribution in [2.45, 2.75) is 78.8 Å². The predicted octanol–water partition coefficient (Wildman–Crippen LogP) is 4.32. The van der Waals surface area contributed by atoms with Gasteiger partial charge in [-0.15, -0.1) is 0 Å². The molecule has 6 heteroatoms. The number of aryl methyl sites for hydroxylation is 1. The van der Waals surface area contributed by atoms with Gasteiger partial charge in [0, 0.05) is 17.6 Å². The molecule has 0 saturated heterocycles. The number of fused-ring (bicyclic) bond motifs is 1. The average molecular weight is 425 g/mol. The quantitative estimate of drug-likeness (QED) is 0.751. The Morgan fingerprint density at radius 3 is 2.55 bits per heavy atom. The molecule has 6 nitrogen and oxygen atoms in total. The highest BCUT2D eigenvalue weighted by Crippen LogP contribution is 2.36. The van der Waals surface area contributed by atoms with Gasteiger partial charge in [-0.3, -0.25) is 19.2 Å². The van der Waals surface area contributed by atoms with E-state index in [4.69, 9.17) is 5.10 Å². The summed E-state index contributed by atoms with van der Waals surface area (Å²) in [7, 11) is 0. The van der Waals surface area contributed by atoms with E-state index in [9.17, 15) is 9.59 Å². The molecule has 1 aliphatic heterocycles. The van der Waals surface area contributed by atoms with Gasteiger partial charge in [0.2, 0.25) is 5.91 Å². The van der Waals surface area contributed by atoms with Crippen LogP contribution in [0, 0.1) is 5.92 Å². The zero-order valence-corrected chi connectivity index (χ0v) is 20.0. The molecule has 0 saturated carbocycles. The van der Waals surface area contributed by atoms with Crippen LogP contribution < -0.4 is 10.2 Å². The highest BCUT2D eigenvalue weighted by atomic mass is 16.2. The minimum atomic E-state index is -1.08. The van der Waals surface area contributed by atoms with Crippen LogP contribution >= 0.6 is 0 Å². The van der Waals surface area contributed by atoms with Crippen molar-refractivity contribution < 1.29 is 9.59 Å². The third-order valence-electron chi connectivity index (χ3n) is 6.03. The number of nitrogens with zero attached hydrogens (tertiary/aromatic N) is 3. The molecule has 3 rings (SSSR count). The monoisotopic (exact) mass is 424 g/mol. The highest BCUT2D eigenvalue weighted by Gasteiger charge is 2.49. The first kappa shape index (κ1) is 23.0. The number of nitrogens with one attached hydrogen (secondary N) is 1. The number of rotatable bonds is 6. The largest absolute Gasteiger partial charge is 0.354 e. The molecule has 0 unspecified atom stereocenters. The average Bonchev–Trinajstić information content (AvgIpc) is 3.12. The van der Waals surface area contributed by atoms with Crippen LogP contribution in [0.25, 0.3) is 0 Å². The molecule has 0 radical (unpaired) electrons. The van der Waals surface area contributed by atoms with E-state index in [1.807, 2.05) is 37.3 Å². The first-order valence-electron chi connectivity index (χ1n) is 11.3. The molecular weight excluding hydrogens is 388 g/mol. The number of para-hydroxylation sites is 1. The second kappa shape index (κ2) is 8.48. The number of hydrogen-bond donors (Lipinski definition) is 1. The molecule has 0 spiro atoms. The van der Waals surface area contributed by atoms with Crippen LogP contribution in [0.4, 0.5) is 5.69 Å². The van der Waals surface area contributed by atoms with Gasteiger partial charge in [0.05, 0.1) is 12.2 Å². The van der Waals surface area contributed by atoms with Crippen LogP contribution in [0.3, 0.4) is 0 Å². The zero-order valence-electron chi connectivity index (χ0n) is 20.0. The van der Waals surface area contributed by atoms with E-state index < -0.39 is 5.54 Å². The van der Waals surface area contributed by atoms with Gasteiger partial charge >= 0.3 is 0 Å². The summed E-state index contributed by atoms with van der Waals surface area (Å²) < 4.78 is 1.72. The van der Waals surface area contributed by atoms with E-state index in [2.05, 4.69) is 46.9 Å². The maximum Gasteiger partial charge on any atom is 0.277 e. The molecule has 2 aromatic rings. The fourth-order valence-corrected chi connectivity index (χ4v) is 4.02. The number of anilines is 1. The van der Waals surface area contributed by atoms with Gasteiger partial charge in [0.15, 0.2) is 0 Å². The Balaban J connectivity index is 2.10. The molecule has 1 atom stereocenters. The molecule has 0 bridgehead atoms. The lowest BCUT2D eigenvalue weighted by molar-refractivity contribution is -0.126. The topological polar surface area (TPSA) is 67.2 Å². The lowest BCUT2D eigenvalue weighted by atomic mass is 9.91. The number of amides is 2. The van der Waals surface area contributed by atoms with Crippen molar-refractivity contribution in [1.82, 2.24) is 15.1 Å². The minimum Gasteiger partial charge on any atom is -0.354 e. The molecule has 1 aromatic carbocycles. The molecule has 2 heterocycles. The SMILES string of the molecule is CCc1ccccc1N1C(=O)c2cc(C(C)(C)C)nn2C[C@@]1(C)C(=O)NCCC(C)C. The van der Waals surface area contributed by atoms with Crippen molar-refractivity contribution in [3.63, 3.8) is 0 Å². The Morgan fingerprint density at radius 2 is 1.94 bits per heavy atom. The summed E-state index contributed by atoms with van der Waals surface area (Å²) in [5.74, 6) is 0.160. The van der Waals surface area contributed by atoms with Crippen LogP contribution in [-0.4, -0.2) is 33.7 Å². The smallest absolute Gasteiger partial charge is 0.277 e. The fourth-order valence-electron chi connectivity index (χ4n) is 4.02. The highest BCUT2D eigenvalue weighted by molar-refractivity contribution is 6.12. The van der Waals surface area contributed by atoms with Crippen molar-refractivity contribution in [1.29, 1.82) is 0 Å². The molecule has 1 aliphatic rings. The maximum atomic E-state index is 13.8. The molecule has 0 fully saturated rings. The molecule has 1 N–H and O–H groups in total. The van der Waals surface area contributed by atoms with E-state index in [0.717, 1.165) is 29.8 Å². The minimum absolute atomic E-state index is 0.147. The van der Waals surface area contributed by atoms with Gasteiger partial charge in [-0.25, -0.2) is 0 Å². The number of aromatic nitrogens is 2. The Morgan fingerprint density at radius 1 is 1.26 bits per heavy atom. The van der Waals surface area contributed by atoms with Crippen molar-refractivity contribution in [3.05, 3.63) is 47.3 Å². The number of carbonyl (C=O) groups excluding carboxylic acids is 2. The van der Waals surface area contributed by atoms with E-state index in [0.29, 0.717) is 24.7 Å². The summed E-state index contributed by atoms with van der Waals surface area (Å²) in [4.78, 5) is 29.0. The van der Waals surface area contributed by atoms with Crippen molar-refractivity contribution in [2.24, 2.45) is 5.92 Å². The fraction of sp³-hybridized carbons (Fsp3) is 0.560. The summed E-state index contributed by atoms with van der Waals surface area (Å²) in [6.07, 6.45) is 1.67. The van der Waals surface area contributed by atoms with Crippen LogP contribution in [0.5, 0.6) is 0 Å². The molecular formula is C25H36N4O2. The van der Waals surface area contributed by atoms with Crippen molar-refractivity contribution in [2.75, 3.05) is 11.4 Å². The maximum absolute atomic E-state index is 13.8. The van der Waals surface area contributed by atoms with Gasteiger partial charge in [0.1, 0.15) is 11.2 Å². The van der Waals surface area contributed by atoms with Gasteiger partial charge in [0.25, 0.3) is 5.91 Å². The molecule has 1 aromatic heterocycles. The Kier molecular flexibility index (Phi) is 6.30. The summed E-state index contributed by atoms with van der Waals surface area (Å²) in [6.45, 7) is 15.3. The Labute approximate surface area is 186 Å². The van der Waals surface area contributed by atoms with Crippen LogP contribution in [0.15, 0.2) is 30.3 Å². The number of hydrogen-bond acceptors (Lipinski definition) is 3. The zero-order chi connectivity index (χ0) is 23.0. The van der Waals surface area contributed by atoms with E-state index in [-0.39, 0.29) is 17.2 Å². The normalized spacial score (nSPS) is 19.0. The van der Waals surface area contributed by atoms with Gasteiger partial charge in [-0.2, -0.15) is 5.10 Å². The van der Waals surface area contributed by atoms with Crippen molar-refractivity contribution in [3.8, 4) is 0 Å². The van der Waals surface area contributed by atoms with Gasteiger partial charge in [-0.05, 0) is 43.4 Å². The first-order chi connectivity index (χ1) is 14.5. The summed E-state index contributed by atoms with van der Waals surface area (Å²) in [5.41, 5.74) is 1.95. The predicted molar refractivity (Wildman–Crippen MR) is 124 cm³/mol. The van der Waals surface area contributed by atoms with Gasteiger partial charge in [-0.1, -0.05) is 59.7 Å². The molecule has 0 aliphatic carbocycles.